The third-order valence-electron chi connectivity index (χ3n) is 6.62. The highest BCUT2D eigenvalue weighted by Gasteiger charge is 2.46. The molecule has 2 fully saturated rings. The van der Waals surface area contributed by atoms with Gasteiger partial charge in [-0.2, -0.15) is 13.2 Å². The number of allylic oxidation sites excluding steroid dienone is 2. The van der Waals surface area contributed by atoms with Crippen LogP contribution >= 0.6 is 0 Å². The van der Waals surface area contributed by atoms with Crippen molar-refractivity contribution < 1.29 is 22.8 Å². The van der Waals surface area contributed by atoms with Gasteiger partial charge in [-0.15, -0.1) is 0 Å². The van der Waals surface area contributed by atoms with E-state index in [4.69, 9.17) is 0 Å². The first kappa shape index (κ1) is 21.9. The molecule has 8 heteroatoms. The van der Waals surface area contributed by atoms with Crippen LogP contribution in [0.25, 0.3) is 0 Å². The van der Waals surface area contributed by atoms with E-state index < -0.39 is 11.7 Å². The largest absolute Gasteiger partial charge is 0.416 e. The predicted molar refractivity (Wildman–Crippen MR) is 111 cm³/mol. The lowest BCUT2D eigenvalue weighted by Crippen LogP contribution is -2.46. The fourth-order valence-electron chi connectivity index (χ4n) is 4.80. The number of fused-ring (bicyclic) bond motifs is 1. The number of unbranched alkanes of at least 4 members (excludes halogenated alkanes) is 1. The highest BCUT2D eigenvalue weighted by atomic mass is 19.4. The lowest BCUT2D eigenvalue weighted by Gasteiger charge is -2.36. The van der Waals surface area contributed by atoms with Crippen molar-refractivity contribution >= 4 is 17.5 Å². The summed E-state index contributed by atoms with van der Waals surface area (Å²) in [7, 11) is 0. The molecule has 0 unspecified atom stereocenters. The molecule has 0 saturated carbocycles. The van der Waals surface area contributed by atoms with Crippen molar-refractivity contribution in [3.63, 3.8) is 0 Å². The molecule has 1 aromatic rings. The molecular formula is C23H28F3N3O2. The van der Waals surface area contributed by atoms with Crippen LogP contribution in [0.1, 0.15) is 31.2 Å². The molecule has 31 heavy (non-hydrogen) atoms. The Kier molecular flexibility index (Phi) is 6.36. The molecule has 4 rings (SSSR count). The number of imide groups is 1. The fourth-order valence-corrected chi connectivity index (χ4v) is 4.80. The van der Waals surface area contributed by atoms with Crippen molar-refractivity contribution in [3.05, 3.63) is 42.0 Å². The first-order chi connectivity index (χ1) is 14.8. The summed E-state index contributed by atoms with van der Waals surface area (Å²) in [5.74, 6) is -0.369. The molecule has 0 spiro atoms. The Morgan fingerprint density at radius 1 is 0.871 bits per heavy atom. The Morgan fingerprint density at radius 2 is 1.48 bits per heavy atom. The topological polar surface area (TPSA) is 43.9 Å². The summed E-state index contributed by atoms with van der Waals surface area (Å²) in [6.07, 6.45) is 2.66. The summed E-state index contributed by atoms with van der Waals surface area (Å²) >= 11 is 0. The van der Waals surface area contributed by atoms with Gasteiger partial charge in [-0.3, -0.25) is 19.4 Å². The number of likely N-dealkylation sites (tertiary alicyclic amines) is 1. The molecule has 0 bridgehead atoms. The number of rotatable bonds is 6. The van der Waals surface area contributed by atoms with Crippen LogP contribution in [0.4, 0.5) is 18.9 Å². The molecule has 0 N–H and O–H groups in total. The molecule has 168 valence electrons. The zero-order valence-electron chi connectivity index (χ0n) is 17.5. The van der Waals surface area contributed by atoms with Crippen LogP contribution < -0.4 is 4.90 Å². The Balaban J connectivity index is 1.19. The number of hydrogen-bond acceptors (Lipinski definition) is 4. The average molecular weight is 435 g/mol. The molecule has 2 amide bonds. The van der Waals surface area contributed by atoms with Crippen LogP contribution in [-0.4, -0.2) is 60.9 Å². The summed E-state index contributed by atoms with van der Waals surface area (Å²) in [6.45, 7) is 4.28. The smallest absolute Gasteiger partial charge is 0.369 e. The van der Waals surface area contributed by atoms with E-state index in [0.717, 1.165) is 38.5 Å². The van der Waals surface area contributed by atoms with E-state index in [1.807, 2.05) is 17.1 Å². The van der Waals surface area contributed by atoms with Gasteiger partial charge >= 0.3 is 6.18 Å². The van der Waals surface area contributed by atoms with Crippen molar-refractivity contribution in [2.45, 2.75) is 31.9 Å². The molecule has 2 heterocycles. The predicted octanol–water partition coefficient (Wildman–Crippen LogP) is 3.56. The van der Waals surface area contributed by atoms with Crippen molar-refractivity contribution in [1.82, 2.24) is 9.80 Å². The van der Waals surface area contributed by atoms with Crippen LogP contribution in [0.2, 0.25) is 0 Å². The van der Waals surface area contributed by atoms with Gasteiger partial charge in [0.15, 0.2) is 0 Å². The van der Waals surface area contributed by atoms with E-state index >= 15 is 0 Å². The van der Waals surface area contributed by atoms with Crippen molar-refractivity contribution in [2.75, 3.05) is 44.2 Å². The van der Waals surface area contributed by atoms with E-state index in [9.17, 15) is 22.8 Å². The summed E-state index contributed by atoms with van der Waals surface area (Å²) in [4.78, 5) is 30.7. The number of carbonyl (C=O) groups excluding carboxylic acids is 2. The van der Waals surface area contributed by atoms with Gasteiger partial charge in [-0.05, 0) is 50.4 Å². The van der Waals surface area contributed by atoms with Crippen molar-refractivity contribution in [2.24, 2.45) is 11.8 Å². The minimum Gasteiger partial charge on any atom is -0.369 e. The molecule has 0 aromatic heterocycles. The second kappa shape index (κ2) is 9.02. The molecule has 1 aromatic carbocycles. The number of anilines is 1. The van der Waals surface area contributed by atoms with Gasteiger partial charge in [0.25, 0.3) is 0 Å². The minimum absolute atomic E-state index is 0.0194. The second-order valence-corrected chi connectivity index (χ2v) is 8.57. The summed E-state index contributed by atoms with van der Waals surface area (Å²) in [6, 6.07) is 5.49. The van der Waals surface area contributed by atoms with Crippen LogP contribution in [0, 0.1) is 11.8 Å². The molecule has 2 saturated heterocycles. The molecular weight excluding hydrogens is 407 g/mol. The van der Waals surface area contributed by atoms with Crippen LogP contribution in [-0.2, 0) is 15.8 Å². The SMILES string of the molecule is O=C1[C@H]2CC=CC[C@H]2C(=O)N1CCCCN1CCN(c2cccc(C(F)(F)F)c2)CC1. The maximum absolute atomic E-state index is 12.9. The molecule has 0 radical (unpaired) electrons. The van der Waals surface area contributed by atoms with E-state index in [-0.39, 0.29) is 23.7 Å². The maximum atomic E-state index is 12.9. The Morgan fingerprint density at radius 3 is 2.10 bits per heavy atom. The number of amides is 2. The highest BCUT2D eigenvalue weighted by Crippen LogP contribution is 2.35. The second-order valence-electron chi connectivity index (χ2n) is 8.57. The number of benzene rings is 1. The van der Waals surface area contributed by atoms with Gasteiger partial charge in [0, 0.05) is 38.4 Å². The van der Waals surface area contributed by atoms with Gasteiger partial charge in [-0.25, -0.2) is 0 Å². The van der Waals surface area contributed by atoms with E-state index in [0.29, 0.717) is 38.2 Å². The zero-order valence-corrected chi connectivity index (χ0v) is 17.5. The van der Waals surface area contributed by atoms with Crippen LogP contribution in [0.15, 0.2) is 36.4 Å². The Hall–Kier alpha value is -2.35. The number of hydrogen-bond donors (Lipinski definition) is 0. The number of nitrogens with zero attached hydrogens (tertiary/aromatic N) is 3. The van der Waals surface area contributed by atoms with E-state index in [1.54, 1.807) is 6.07 Å². The lowest BCUT2D eigenvalue weighted by atomic mass is 9.85. The van der Waals surface area contributed by atoms with Crippen molar-refractivity contribution in [3.8, 4) is 0 Å². The first-order valence-electron chi connectivity index (χ1n) is 11.0. The normalized spacial score (nSPS) is 24.7. The van der Waals surface area contributed by atoms with Crippen molar-refractivity contribution in [1.29, 1.82) is 0 Å². The van der Waals surface area contributed by atoms with Crippen LogP contribution in [0.3, 0.4) is 0 Å². The number of alkyl halides is 3. The first-order valence-corrected chi connectivity index (χ1v) is 11.0. The van der Waals surface area contributed by atoms with Gasteiger partial charge < -0.3 is 4.90 Å². The summed E-state index contributed by atoms with van der Waals surface area (Å²) in [5.41, 5.74) is -0.00875. The fraction of sp³-hybridized carbons (Fsp3) is 0.565. The van der Waals surface area contributed by atoms with E-state index in [2.05, 4.69) is 4.90 Å². The van der Waals surface area contributed by atoms with Gasteiger partial charge in [0.2, 0.25) is 11.8 Å². The third-order valence-corrected chi connectivity index (χ3v) is 6.62. The standard InChI is InChI=1S/C23H28F3N3O2/c24-23(25,26)17-6-5-7-18(16-17)28-14-12-27(13-15-28)10-3-4-11-29-21(30)19-8-1-2-9-20(19)22(29)31/h1-2,5-7,16,19-20H,3-4,8-15H2/t19-,20+. The third kappa shape index (κ3) is 4.79. The average Bonchev–Trinajstić information content (AvgIpc) is 3.01. The monoisotopic (exact) mass is 435 g/mol. The van der Waals surface area contributed by atoms with Gasteiger partial charge in [0.05, 0.1) is 17.4 Å². The molecule has 2 atom stereocenters. The maximum Gasteiger partial charge on any atom is 0.416 e. The molecule has 1 aliphatic carbocycles. The minimum atomic E-state index is -4.33. The Labute approximate surface area is 180 Å². The van der Waals surface area contributed by atoms with Crippen LogP contribution in [0.5, 0.6) is 0 Å². The number of halogens is 3. The van der Waals surface area contributed by atoms with E-state index in [1.165, 1.54) is 17.0 Å². The quantitative estimate of drug-likeness (QED) is 0.389. The van der Waals surface area contributed by atoms with Gasteiger partial charge in [-0.1, -0.05) is 18.2 Å². The Bertz CT molecular complexity index is 821. The lowest BCUT2D eigenvalue weighted by molar-refractivity contribution is -0.140. The number of piperazine rings is 1. The molecule has 3 aliphatic rings. The summed E-state index contributed by atoms with van der Waals surface area (Å²) in [5, 5.41) is 0. The molecule has 2 aliphatic heterocycles. The highest BCUT2D eigenvalue weighted by molar-refractivity contribution is 6.05. The number of carbonyl (C=O) groups is 2. The summed E-state index contributed by atoms with van der Waals surface area (Å²) < 4.78 is 38.8. The molecule has 5 nitrogen and oxygen atoms in total. The zero-order chi connectivity index (χ0) is 22.0. The van der Waals surface area contributed by atoms with Gasteiger partial charge in [0.1, 0.15) is 0 Å².